The molecule has 0 aromatic heterocycles. The number of Topliss-reactive ketones (excluding diaryl/α,β-unsaturated/α-hetero) is 1. The Hall–Kier alpha value is -2.82. The van der Waals surface area contributed by atoms with Crippen LogP contribution in [0.2, 0.25) is 0 Å². The van der Waals surface area contributed by atoms with Gasteiger partial charge in [0.05, 0.1) is 11.4 Å². The summed E-state index contributed by atoms with van der Waals surface area (Å²) in [7, 11) is 0. The first-order chi connectivity index (χ1) is 12.6. The zero-order valence-electron chi connectivity index (χ0n) is 15.0. The van der Waals surface area contributed by atoms with Gasteiger partial charge in [0, 0.05) is 18.7 Å². The highest BCUT2D eigenvalue weighted by Gasteiger charge is 2.15. The van der Waals surface area contributed by atoms with Crippen LogP contribution in [0.15, 0.2) is 48.5 Å². The van der Waals surface area contributed by atoms with Gasteiger partial charge in [-0.15, -0.1) is 0 Å². The first-order valence-corrected chi connectivity index (χ1v) is 9.01. The molecule has 136 valence electrons. The third-order valence-electron chi connectivity index (χ3n) is 4.51. The Morgan fingerprint density at radius 3 is 2.38 bits per heavy atom. The SMILES string of the molecule is CC(=O)c1ccc(OCC(=O)Nc2ccccc2N2CCCCC2)cc1. The van der Waals surface area contributed by atoms with E-state index in [-0.39, 0.29) is 18.3 Å². The van der Waals surface area contributed by atoms with E-state index in [1.165, 1.54) is 26.2 Å². The van der Waals surface area contributed by atoms with Crippen molar-refractivity contribution in [1.82, 2.24) is 0 Å². The molecule has 2 aromatic carbocycles. The molecule has 2 aromatic rings. The molecule has 26 heavy (non-hydrogen) atoms. The van der Waals surface area contributed by atoms with Crippen molar-refractivity contribution in [1.29, 1.82) is 0 Å². The van der Waals surface area contributed by atoms with Gasteiger partial charge in [-0.05, 0) is 62.6 Å². The third-order valence-corrected chi connectivity index (χ3v) is 4.51. The number of piperidine rings is 1. The lowest BCUT2D eigenvalue weighted by Crippen LogP contribution is -2.30. The Balaban J connectivity index is 1.59. The van der Waals surface area contributed by atoms with Crippen molar-refractivity contribution in [3.05, 3.63) is 54.1 Å². The van der Waals surface area contributed by atoms with Crippen LogP contribution in [0.3, 0.4) is 0 Å². The van der Waals surface area contributed by atoms with E-state index in [2.05, 4.69) is 10.2 Å². The van der Waals surface area contributed by atoms with Gasteiger partial charge < -0.3 is 15.0 Å². The van der Waals surface area contributed by atoms with Gasteiger partial charge in [-0.25, -0.2) is 0 Å². The molecule has 1 amide bonds. The maximum Gasteiger partial charge on any atom is 0.262 e. The number of anilines is 2. The van der Waals surface area contributed by atoms with Crippen LogP contribution in [0.5, 0.6) is 5.75 Å². The van der Waals surface area contributed by atoms with Gasteiger partial charge in [0.1, 0.15) is 5.75 Å². The van der Waals surface area contributed by atoms with Crippen molar-refractivity contribution in [2.24, 2.45) is 0 Å². The summed E-state index contributed by atoms with van der Waals surface area (Å²) in [6.07, 6.45) is 3.63. The number of para-hydroxylation sites is 2. The van der Waals surface area contributed by atoms with Gasteiger partial charge in [0.2, 0.25) is 0 Å². The number of ketones is 1. The summed E-state index contributed by atoms with van der Waals surface area (Å²) in [5.74, 6) is 0.364. The molecule has 1 saturated heterocycles. The number of hydrogen-bond donors (Lipinski definition) is 1. The lowest BCUT2D eigenvalue weighted by molar-refractivity contribution is -0.118. The number of nitrogens with zero attached hydrogens (tertiary/aromatic N) is 1. The first kappa shape index (κ1) is 18.0. The van der Waals surface area contributed by atoms with Crippen LogP contribution in [0, 0.1) is 0 Å². The highest BCUT2D eigenvalue weighted by atomic mass is 16.5. The number of amides is 1. The molecule has 0 aliphatic carbocycles. The van der Waals surface area contributed by atoms with Crippen molar-refractivity contribution < 1.29 is 14.3 Å². The summed E-state index contributed by atoms with van der Waals surface area (Å²) in [4.78, 5) is 25.9. The monoisotopic (exact) mass is 352 g/mol. The summed E-state index contributed by atoms with van der Waals surface area (Å²) in [6.45, 7) is 3.48. The molecule has 5 heteroatoms. The molecule has 0 radical (unpaired) electrons. The second kappa shape index (κ2) is 8.52. The number of ether oxygens (including phenoxy) is 1. The van der Waals surface area contributed by atoms with Crippen LogP contribution in [0.4, 0.5) is 11.4 Å². The van der Waals surface area contributed by atoms with Crippen molar-refractivity contribution in [2.45, 2.75) is 26.2 Å². The Kier molecular flexibility index (Phi) is 5.89. The molecule has 0 bridgehead atoms. The predicted octanol–water partition coefficient (Wildman–Crippen LogP) is 3.90. The molecule has 0 spiro atoms. The first-order valence-electron chi connectivity index (χ1n) is 9.01. The minimum atomic E-state index is -0.204. The second-order valence-corrected chi connectivity index (χ2v) is 6.48. The number of nitrogens with one attached hydrogen (secondary N) is 1. The van der Waals surface area contributed by atoms with Gasteiger partial charge >= 0.3 is 0 Å². The van der Waals surface area contributed by atoms with Crippen molar-refractivity contribution in [3.8, 4) is 5.75 Å². The van der Waals surface area contributed by atoms with E-state index in [0.29, 0.717) is 11.3 Å². The Labute approximate surface area is 154 Å². The minimum absolute atomic E-state index is 0.00335. The van der Waals surface area contributed by atoms with Gasteiger partial charge in [0.25, 0.3) is 5.91 Å². The smallest absolute Gasteiger partial charge is 0.262 e. The molecule has 1 fully saturated rings. The van der Waals surface area contributed by atoms with Crippen LogP contribution in [-0.2, 0) is 4.79 Å². The highest BCUT2D eigenvalue weighted by Crippen LogP contribution is 2.28. The maximum absolute atomic E-state index is 12.3. The van der Waals surface area contributed by atoms with E-state index in [1.54, 1.807) is 24.3 Å². The fourth-order valence-electron chi connectivity index (χ4n) is 3.11. The fraction of sp³-hybridized carbons (Fsp3) is 0.333. The van der Waals surface area contributed by atoms with E-state index in [1.807, 2.05) is 24.3 Å². The van der Waals surface area contributed by atoms with E-state index in [0.717, 1.165) is 24.5 Å². The summed E-state index contributed by atoms with van der Waals surface area (Å²) in [5.41, 5.74) is 2.50. The van der Waals surface area contributed by atoms with Crippen LogP contribution in [0.25, 0.3) is 0 Å². The topological polar surface area (TPSA) is 58.6 Å². The molecule has 5 nitrogen and oxygen atoms in total. The van der Waals surface area contributed by atoms with Crippen molar-refractivity contribution in [3.63, 3.8) is 0 Å². The van der Waals surface area contributed by atoms with E-state index in [9.17, 15) is 9.59 Å². The van der Waals surface area contributed by atoms with E-state index >= 15 is 0 Å². The Morgan fingerprint density at radius 1 is 1.00 bits per heavy atom. The second-order valence-electron chi connectivity index (χ2n) is 6.48. The van der Waals surface area contributed by atoms with E-state index in [4.69, 9.17) is 4.74 Å². The van der Waals surface area contributed by atoms with Crippen molar-refractivity contribution >= 4 is 23.1 Å². The Morgan fingerprint density at radius 2 is 1.69 bits per heavy atom. The minimum Gasteiger partial charge on any atom is -0.484 e. The zero-order chi connectivity index (χ0) is 18.4. The summed E-state index contributed by atoms with van der Waals surface area (Å²) in [6, 6.07) is 14.7. The fourth-order valence-corrected chi connectivity index (χ4v) is 3.11. The van der Waals surface area contributed by atoms with Crippen LogP contribution < -0.4 is 15.0 Å². The normalized spacial score (nSPS) is 14.0. The summed E-state index contributed by atoms with van der Waals surface area (Å²) in [5, 5.41) is 2.95. The average Bonchev–Trinajstić information content (AvgIpc) is 2.68. The van der Waals surface area contributed by atoms with Gasteiger partial charge in [0.15, 0.2) is 12.4 Å². The quantitative estimate of drug-likeness (QED) is 0.801. The van der Waals surface area contributed by atoms with Crippen LogP contribution in [-0.4, -0.2) is 31.4 Å². The van der Waals surface area contributed by atoms with Gasteiger partial charge in [-0.3, -0.25) is 9.59 Å². The van der Waals surface area contributed by atoms with Gasteiger partial charge in [-0.2, -0.15) is 0 Å². The molecule has 3 rings (SSSR count). The number of carbonyl (C=O) groups excluding carboxylic acids is 2. The average molecular weight is 352 g/mol. The Bertz CT molecular complexity index is 765. The molecule has 0 atom stereocenters. The standard InChI is InChI=1S/C21H24N2O3/c1-16(24)17-9-11-18(12-10-17)26-15-21(25)22-19-7-3-4-8-20(19)23-13-5-2-6-14-23/h3-4,7-12H,2,5-6,13-15H2,1H3,(H,22,25). The molecule has 1 heterocycles. The number of benzene rings is 2. The lowest BCUT2D eigenvalue weighted by atomic mass is 10.1. The maximum atomic E-state index is 12.3. The highest BCUT2D eigenvalue weighted by molar-refractivity contribution is 5.95. The molecule has 1 aliphatic heterocycles. The predicted molar refractivity (Wildman–Crippen MR) is 103 cm³/mol. The van der Waals surface area contributed by atoms with Gasteiger partial charge in [-0.1, -0.05) is 12.1 Å². The van der Waals surface area contributed by atoms with Crippen LogP contribution >= 0.6 is 0 Å². The number of hydrogen-bond acceptors (Lipinski definition) is 4. The lowest BCUT2D eigenvalue weighted by Gasteiger charge is -2.30. The van der Waals surface area contributed by atoms with Crippen LogP contribution in [0.1, 0.15) is 36.5 Å². The number of carbonyl (C=O) groups is 2. The molecule has 0 saturated carbocycles. The molecule has 1 N–H and O–H groups in total. The zero-order valence-corrected chi connectivity index (χ0v) is 15.0. The largest absolute Gasteiger partial charge is 0.484 e. The van der Waals surface area contributed by atoms with Crippen molar-refractivity contribution in [2.75, 3.05) is 29.9 Å². The summed E-state index contributed by atoms with van der Waals surface area (Å²) >= 11 is 0. The summed E-state index contributed by atoms with van der Waals surface area (Å²) < 4.78 is 5.52. The molecule has 0 unspecified atom stereocenters. The van der Waals surface area contributed by atoms with E-state index < -0.39 is 0 Å². The molecule has 1 aliphatic rings. The third kappa shape index (κ3) is 4.63. The molecular formula is C21H24N2O3. The number of rotatable bonds is 6. The molecular weight excluding hydrogens is 328 g/mol.